The first-order valence-corrected chi connectivity index (χ1v) is 7.65. The molecular weight excluding hydrogens is 307 g/mol. The Labute approximate surface area is 134 Å². The summed E-state index contributed by atoms with van der Waals surface area (Å²) < 4.78 is 0. The molecule has 1 atom stereocenters. The molecule has 0 saturated carbocycles. The number of hydrogen-bond acceptors (Lipinski definition) is 4. The molecule has 0 bridgehead atoms. The summed E-state index contributed by atoms with van der Waals surface area (Å²) in [4.78, 5) is 10.3. The molecule has 0 spiro atoms. The van der Waals surface area contributed by atoms with Crippen LogP contribution < -0.4 is 10.2 Å². The zero-order valence-electron chi connectivity index (χ0n) is 11.5. The Morgan fingerprint density at radius 2 is 2.05 bits per heavy atom. The van der Waals surface area contributed by atoms with Crippen LogP contribution in [0.3, 0.4) is 0 Å². The standard InChI is InChI=1S/C15H16Cl2N4/c16-12-1-2-15(14(17)5-12)21-4-3-13(9-21)20-8-11-6-18-10-19-7-11/h1-2,5-7,10,13,20H,3-4,8-9H2/t13-/m0/s1. The molecule has 6 heteroatoms. The van der Waals surface area contributed by atoms with Crippen LogP contribution in [0.2, 0.25) is 10.0 Å². The molecule has 1 aromatic carbocycles. The van der Waals surface area contributed by atoms with Crippen molar-refractivity contribution in [2.24, 2.45) is 0 Å². The molecule has 0 unspecified atom stereocenters. The zero-order chi connectivity index (χ0) is 14.7. The smallest absolute Gasteiger partial charge is 0.115 e. The third kappa shape index (κ3) is 3.64. The van der Waals surface area contributed by atoms with Crippen molar-refractivity contribution in [3.63, 3.8) is 0 Å². The minimum absolute atomic E-state index is 0.442. The van der Waals surface area contributed by atoms with E-state index < -0.39 is 0 Å². The van der Waals surface area contributed by atoms with Gasteiger partial charge in [-0.1, -0.05) is 23.2 Å². The first kappa shape index (κ1) is 14.6. The van der Waals surface area contributed by atoms with Crippen LogP contribution in [0, 0.1) is 0 Å². The number of nitrogens with one attached hydrogen (secondary N) is 1. The SMILES string of the molecule is Clc1ccc(N2CC[C@H](NCc3cncnc3)C2)c(Cl)c1. The molecule has 1 aliphatic heterocycles. The van der Waals surface area contributed by atoms with Crippen LogP contribution in [-0.4, -0.2) is 29.1 Å². The summed E-state index contributed by atoms with van der Waals surface area (Å²) >= 11 is 12.2. The molecular formula is C15H16Cl2N4. The second-order valence-electron chi connectivity index (χ2n) is 5.15. The van der Waals surface area contributed by atoms with Crippen molar-refractivity contribution in [2.45, 2.75) is 19.0 Å². The van der Waals surface area contributed by atoms with Crippen LogP contribution in [0.15, 0.2) is 36.9 Å². The molecule has 1 fully saturated rings. The number of nitrogens with zero attached hydrogens (tertiary/aromatic N) is 3. The molecule has 0 amide bonds. The van der Waals surface area contributed by atoms with Gasteiger partial charge in [-0.15, -0.1) is 0 Å². The van der Waals surface area contributed by atoms with Crippen molar-refractivity contribution in [3.05, 3.63) is 52.5 Å². The molecule has 110 valence electrons. The number of halogens is 2. The summed E-state index contributed by atoms with van der Waals surface area (Å²) in [6, 6.07) is 6.10. The van der Waals surface area contributed by atoms with Gasteiger partial charge in [-0.3, -0.25) is 0 Å². The average Bonchev–Trinajstić information content (AvgIpc) is 2.95. The van der Waals surface area contributed by atoms with E-state index in [2.05, 4.69) is 20.2 Å². The molecule has 1 saturated heterocycles. The van der Waals surface area contributed by atoms with Crippen molar-refractivity contribution in [2.75, 3.05) is 18.0 Å². The van der Waals surface area contributed by atoms with E-state index in [0.717, 1.165) is 37.3 Å². The molecule has 0 radical (unpaired) electrons. The Balaban J connectivity index is 1.58. The van der Waals surface area contributed by atoms with Crippen LogP contribution in [0.1, 0.15) is 12.0 Å². The molecule has 2 heterocycles. The number of anilines is 1. The number of rotatable bonds is 4. The van der Waals surface area contributed by atoms with Crippen molar-refractivity contribution >= 4 is 28.9 Å². The van der Waals surface area contributed by atoms with Crippen LogP contribution in [0.5, 0.6) is 0 Å². The fraction of sp³-hybridized carbons (Fsp3) is 0.333. The molecule has 4 nitrogen and oxygen atoms in total. The minimum Gasteiger partial charge on any atom is -0.369 e. The highest BCUT2D eigenvalue weighted by Crippen LogP contribution is 2.31. The Bertz CT molecular complexity index is 606. The van der Waals surface area contributed by atoms with Gasteiger partial charge in [0.05, 0.1) is 10.7 Å². The van der Waals surface area contributed by atoms with Gasteiger partial charge in [-0.2, -0.15) is 0 Å². The average molecular weight is 323 g/mol. The summed E-state index contributed by atoms with van der Waals surface area (Å²) in [5, 5.41) is 4.91. The zero-order valence-corrected chi connectivity index (χ0v) is 13.0. The molecule has 3 rings (SSSR count). The van der Waals surface area contributed by atoms with Gasteiger partial charge < -0.3 is 10.2 Å². The van der Waals surface area contributed by atoms with Gasteiger partial charge in [0, 0.05) is 48.7 Å². The number of benzene rings is 1. The van der Waals surface area contributed by atoms with Crippen LogP contribution >= 0.6 is 23.2 Å². The topological polar surface area (TPSA) is 41.0 Å². The number of aromatic nitrogens is 2. The summed E-state index contributed by atoms with van der Waals surface area (Å²) in [5.74, 6) is 0. The molecule has 0 aliphatic carbocycles. The summed E-state index contributed by atoms with van der Waals surface area (Å²) in [6.45, 7) is 2.72. The Morgan fingerprint density at radius 3 is 2.81 bits per heavy atom. The minimum atomic E-state index is 0.442. The lowest BCUT2D eigenvalue weighted by Gasteiger charge is -2.20. The summed E-state index contributed by atoms with van der Waals surface area (Å²) in [6.07, 6.45) is 6.31. The van der Waals surface area contributed by atoms with Gasteiger partial charge in [0.15, 0.2) is 0 Å². The maximum Gasteiger partial charge on any atom is 0.115 e. The van der Waals surface area contributed by atoms with Crippen molar-refractivity contribution in [1.29, 1.82) is 0 Å². The predicted octanol–water partition coefficient (Wildman–Crippen LogP) is 3.15. The molecule has 2 aromatic rings. The first-order chi connectivity index (χ1) is 10.2. The lowest BCUT2D eigenvalue weighted by Crippen LogP contribution is -2.32. The lowest BCUT2D eigenvalue weighted by molar-refractivity contribution is 0.550. The van der Waals surface area contributed by atoms with E-state index >= 15 is 0 Å². The largest absolute Gasteiger partial charge is 0.369 e. The van der Waals surface area contributed by atoms with E-state index in [1.54, 1.807) is 12.4 Å². The third-order valence-electron chi connectivity index (χ3n) is 3.65. The second-order valence-corrected chi connectivity index (χ2v) is 6.00. The summed E-state index contributed by atoms with van der Waals surface area (Å²) in [7, 11) is 0. The quantitative estimate of drug-likeness (QED) is 0.938. The Kier molecular flexibility index (Phi) is 4.58. The van der Waals surface area contributed by atoms with E-state index in [9.17, 15) is 0 Å². The van der Waals surface area contributed by atoms with Crippen LogP contribution in [-0.2, 0) is 6.54 Å². The third-order valence-corrected chi connectivity index (χ3v) is 4.19. The fourth-order valence-corrected chi connectivity index (χ4v) is 3.09. The maximum absolute atomic E-state index is 6.27. The van der Waals surface area contributed by atoms with E-state index in [0.29, 0.717) is 16.1 Å². The van der Waals surface area contributed by atoms with Gasteiger partial charge in [-0.25, -0.2) is 9.97 Å². The normalized spacial score (nSPS) is 18.2. The number of hydrogen-bond donors (Lipinski definition) is 1. The molecule has 1 aromatic heterocycles. The monoisotopic (exact) mass is 322 g/mol. The van der Waals surface area contributed by atoms with E-state index in [1.807, 2.05) is 24.5 Å². The summed E-state index contributed by atoms with van der Waals surface area (Å²) in [5.41, 5.74) is 2.15. The Hall–Kier alpha value is -1.36. The van der Waals surface area contributed by atoms with Gasteiger partial charge >= 0.3 is 0 Å². The highest BCUT2D eigenvalue weighted by molar-refractivity contribution is 6.36. The van der Waals surface area contributed by atoms with Crippen LogP contribution in [0.4, 0.5) is 5.69 Å². The molecule has 21 heavy (non-hydrogen) atoms. The highest BCUT2D eigenvalue weighted by atomic mass is 35.5. The van der Waals surface area contributed by atoms with Gasteiger partial charge in [0.25, 0.3) is 0 Å². The molecule has 1 N–H and O–H groups in total. The van der Waals surface area contributed by atoms with E-state index in [4.69, 9.17) is 23.2 Å². The predicted molar refractivity (Wildman–Crippen MR) is 86.0 cm³/mol. The van der Waals surface area contributed by atoms with E-state index in [1.165, 1.54) is 0 Å². The van der Waals surface area contributed by atoms with Crippen LogP contribution in [0.25, 0.3) is 0 Å². The lowest BCUT2D eigenvalue weighted by atomic mass is 10.2. The molecule has 1 aliphatic rings. The highest BCUT2D eigenvalue weighted by Gasteiger charge is 2.23. The van der Waals surface area contributed by atoms with Crippen molar-refractivity contribution < 1.29 is 0 Å². The van der Waals surface area contributed by atoms with E-state index in [-0.39, 0.29) is 0 Å². The van der Waals surface area contributed by atoms with Crippen molar-refractivity contribution in [1.82, 2.24) is 15.3 Å². The fourth-order valence-electron chi connectivity index (χ4n) is 2.57. The van der Waals surface area contributed by atoms with Crippen molar-refractivity contribution in [3.8, 4) is 0 Å². The first-order valence-electron chi connectivity index (χ1n) is 6.89. The Morgan fingerprint density at radius 1 is 1.24 bits per heavy atom. The van der Waals surface area contributed by atoms with Gasteiger partial charge in [-0.05, 0) is 24.6 Å². The van der Waals surface area contributed by atoms with Gasteiger partial charge in [0.1, 0.15) is 6.33 Å². The second kappa shape index (κ2) is 6.60. The van der Waals surface area contributed by atoms with Gasteiger partial charge in [0.2, 0.25) is 0 Å². The maximum atomic E-state index is 6.27.